The summed E-state index contributed by atoms with van der Waals surface area (Å²) in [5.74, 6) is 0. The third-order valence-electron chi connectivity index (χ3n) is 2.77. The Bertz CT molecular complexity index is 337. The van der Waals surface area contributed by atoms with Crippen LogP contribution >= 0.6 is 0 Å². The second-order valence-electron chi connectivity index (χ2n) is 4.88. The highest BCUT2D eigenvalue weighted by Gasteiger charge is 2.42. The first-order chi connectivity index (χ1) is 6.92. The molecule has 0 amide bonds. The molecule has 0 bridgehead atoms. The fourth-order valence-electron chi connectivity index (χ4n) is 1.71. The van der Waals surface area contributed by atoms with Crippen molar-refractivity contribution in [1.29, 1.82) is 0 Å². The van der Waals surface area contributed by atoms with E-state index >= 15 is 0 Å². The van der Waals surface area contributed by atoms with E-state index in [1.807, 2.05) is 49.0 Å². The van der Waals surface area contributed by atoms with Crippen LogP contribution < -0.4 is 5.19 Å². The summed E-state index contributed by atoms with van der Waals surface area (Å²) < 4.78 is 0. The molecule has 1 aromatic carbocycles. The van der Waals surface area contributed by atoms with Gasteiger partial charge in [-0.15, -0.1) is 0 Å². The van der Waals surface area contributed by atoms with Gasteiger partial charge in [0.25, 0.3) is 0 Å². The Morgan fingerprint density at radius 1 is 1.13 bits per heavy atom. The summed E-state index contributed by atoms with van der Waals surface area (Å²) in [5.41, 5.74) is 2.00. The van der Waals surface area contributed by atoms with Gasteiger partial charge in [-0.25, -0.2) is 0 Å². The molecule has 0 heterocycles. The standard InChI is InChI=1S/C13H20OSi/c1-5-11-15(14,13(2,3)4)12-9-7-6-8-10-12/h5-11,14H,1-4H3/b11-5+. The molecule has 0 spiro atoms. The molecular weight excluding hydrogens is 200 g/mol. The Morgan fingerprint density at radius 3 is 2.07 bits per heavy atom. The highest BCUT2D eigenvalue weighted by atomic mass is 28.4. The zero-order valence-electron chi connectivity index (χ0n) is 9.99. The molecular formula is C13H20OSi. The van der Waals surface area contributed by atoms with Gasteiger partial charge in [-0.3, -0.25) is 0 Å². The van der Waals surface area contributed by atoms with Gasteiger partial charge in [-0.05, 0) is 17.1 Å². The van der Waals surface area contributed by atoms with Gasteiger partial charge in [0.05, 0.1) is 0 Å². The number of rotatable bonds is 2. The van der Waals surface area contributed by atoms with Gasteiger partial charge in [0.2, 0.25) is 8.32 Å². The second-order valence-corrected chi connectivity index (χ2v) is 8.83. The van der Waals surface area contributed by atoms with E-state index in [-0.39, 0.29) is 5.04 Å². The molecule has 0 saturated heterocycles. The molecule has 1 rings (SSSR count). The Morgan fingerprint density at radius 2 is 1.67 bits per heavy atom. The fourth-order valence-corrected chi connectivity index (χ4v) is 4.45. The van der Waals surface area contributed by atoms with E-state index < -0.39 is 8.32 Å². The van der Waals surface area contributed by atoms with E-state index in [0.717, 1.165) is 5.19 Å². The van der Waals surface area contributed by atoms with Crippen LogP contribution in [0.4, 0.5) is 0 Å². The van der Waals surface area contributed by atoms with Crippen molar-refractivity contribution in [1.82, 2.24) is 0 Å². The van der Waals surface area contributed by atoms with Crippen molar-refractivity contribution in [2.75, 3.05) is 0 Å². The van der Waals surface area contributed by atoms with Crippen LogP contribution in [0.1, 0.15) is 27.7 Å². The van der Waals surface area contributed by atoms with E-state index in [9.17, 15) is 4.80 Å². The average molecular weight is 220 g/mol. The third-order valence-corrected chi connectivity index (χ3v) is 7.08. The van der Waals surface area contributed by atoms with Gasteiger partial charge in [-0.2, -0.15) is 0 Å². The maximum Gasteiger partial charge on any atom is 0.250 e. The topological polar surface area (TPSA) is 20.2 Å². The van der Waals surface area contributed by atoms with Crippen LogP contribution in [0.3, 0.4) is 0 Å². The van der Waals surface area contributed by atoms with Crippen LogP contribution in [0.15, 0.2) is 42.1 Å². The van der Waals surface area contributed by atoms with Crippen molar-refractivity contribution < 1.29 is 4.80 Å². The summed E-state index contributed by atoms with van der Waals surface area (Å²) >= 11 is 0. The van der Waals surface area contributed by atoms with Crippen LogP contribution in [0, 0.1) is 0 Å². The van der Waals surface area contributed by atoms with Gasteiger partial charge in [0.1, 0.15) is 0 Å². The van der Waals surface area contributed by atoms with E-state index in [0.29, 0.717) is 0 Å². The highest BCUT2D eigenvalue weighted by molar-refractivity contribution is 6.92. The molecule has 0 radical (unpaired) electrons. The lowest BCUT2D eigenvalue weighted by Crippen LogP contribution is -2.54. The predicted octanol–water partition coefficient (Wildman–Crippen LogP) is 2.75. The zero-order chi connectivity index (χ0) is 11.5. The van der Waals surface area contributed by atoms with Crippen LogP contribution in [-0.4, -0.2) is 13.1 Å². The van der Waals surface area contributed by atoms with Crippen molar-refractivity contribution in [3.05, 3.63) is 42.1 Å². The lowest BCUT2D eigenvalue weighted by molar-refractivity contribution is 0.503. The van der Waals surface area contributed by atoms with Crippen LogP contribution in [0.2, 0.25) is 5.04 Å². The first-order valence-corrected chi connectivity index (χ1v) is 7.36. The second kappa shape index (κ2) is 4.33. The van der Waals surface area contributed by atoms with Crippen molar-refractivity contribution in [3.63, 3.8) is 0 Å². The fraction of sp³-hybridized carbons (Fsp3) is 0.385. The Balaban J connectivity index is 3.25. The largest absolute Gasteiger partial charge is 0.424 e. The lowest BCUT2D eigenvalue weighted by Gasteiger charge is -2.35. The van der Waals surface area contributed by atoms with Crippen molar-refractivity contribution in [3.8, 4) is 0 Å². The van der Waals surface area contributed by atoms with Gasteiger partial charge < -0.3 is 4.80 Å². The van der Waals surface area contributed by atoms with Crippen LogP contribution in [-0.2, 0) is 0 Å². The molecule has 1 atom stereocenters. The molecule has 15 heavy (non-hydrogen) atoms. The molecule has 82 valence electrons. The third kappa shape index (κ3) is 2.39. The molecule has 0 fully saturated rings. The Labute approximate surface area is 93.6 Å². The molecule has 0 aromatic heterocycles. The lowest BCUT2D eigenvalue weighted by atomic mass is 10.2. The van der Waals surface area contributed by atoms with E-state index in [4.69, 9.17) is 0 Å². The maximum atomic E-state index is 10.9. The molecule has 1 nitrogen and oxygen atoms in total. The number of hydrogen-bond acceptors (Lipinski definition) is 1. The smallest absolute Gasteiger partial charge is 0.250 e. The summed E-state index contributed by atoms with van der Waals surface area (Å²) in [6.45, 7) is 8.28. The average Bonchev–Trinajstić information content (AvgIpc) is 2.18. The normalized spacial score (nSPS) is 16.6. The monoisotopic (exact) mass is 220 g/mol. The van der Waals surface area contributed by atoms with Crippen molar-refractivity contribution in [2.45, 2.75) is 32.7 Å². The van der Waals surface area contributed by atoms with Crippen molar-refractivity contribution in [2.24, 2.45) is 0 Å². The van der Waals surface area contributed by atoms with Crippen LogP contribution in [0.5, 0.6) is 0 Å². The number of allylic oxidation sites excluding steroid dienone is 1. The van der Waals surface area contributed by atoms with Gasteiger partial charge in [0.15, 0.2) is 0 Å². The summed E-state index contributed by atoms with van der Waals surface area (Å²) in [5, 5.41) is 0.997. The molecule has 0 aliphatic rings. The van der Waals surface area contributed by atoms with E-state index in [2.05, 4.69) is 20.8 Å². The predicted molar refractivity (Wildman–Crippen MR) is 68.6 cm³/mol. The molecule has 1 aromatic rings. The Hall–Kier alpha value is -0.863. The summed E-state index contributed by atoms with van der Waals surface area (Å²) in [6.07, 6.45) is 1.96. The Kier molecular flexibility index (Phi) is 3.53. The van der Waals surface area contributed by atoms with Crippen molar-refractivity contribution >= 4 is 13.5 Å². The SMILES string of the molecule is C/C=C/[Si](O)(c1ccccc1)C(C)(C)C. The summed E-state index contributed by atoms with van der Waals surface area (Å²) in [7, 11) is -2.51. The van der Waals surface area contributed by atoms with Gasteiger partial charge in [-0.1, -0.05) is 62.9 Å². The van der Waals surface area contributed by atoms with Gasteiger partial charge in [0, 0.05) is 0 Å². The molecule has 0 aliphatic heterocycles. The molecule has 1 N–H and O–H groups in total. The first kappa shape index (κ1) is 12.2. The molecule has 0 saturated carbocycles. The van der Waals surface area contributed by atoms with Crippen LogP contribution in [0.25, 0.3) is 0 Å². The zero-order valence-corrected chi connectivity index (χ0v) is 11.0. The highest BCUT2D eigenvalue weighted by Crippen LogP contribution is 2.34. The minimum absolute atomic E-state index is 0.0825. The molecule has 0 aliphatic carbocycles. The first-order valence-electron chi connectivity index (χ1n) is 5.33. The molecule has 2 heteroatoms. The summed E-state index contributed by atoms with van der Waals surface area (Å²) in [6, 6.07) is 10.0. The maximum absolute atomic E-state index is 10.9. The quantitative estimate of drug-likeness (QED) is 0.760. The number of benzene rings is 1. The molecule has 1 unspecified atom stereocenters. The summed E-state index contributed by atoms with van der Waals surface area (Å²) in [4.78, 5) is 10.9. The van der Waals surface area contributed by atoms with Gasteiger partial charge >= 0.3 is 0 Å². The van der Waals surface area contributed by atoms with E-state index in [1.165, 1.54) is 0 Å². The minimum atomic E-state index is -2.51. The van der Waals surface area contributed by atoms with E-state index in [1.54, 1.807) is 0 Å². The minimum Gasteiger partial charge on any atom is -0.424 e. The number of hydrogen-bond donors (Lipinski definition) is 1.